The Hall–Kier alpha value is -3.63. The largest absolute Gasteiger partial charge is 0.484 e. The molecule has 0 aromatic heterocycles. The van der Waals surface area contributed by atoms with Gasteiger partial charge in [0.05, 0.1) is 4.92 Å². The van der Waals surface area contributed by atoms with Gasteiger partial charge >= 0.3 is 6.18 Å². The van der Waals surface area contributed by atoms with Gasteiger partial charge in [-0.15, -0.1) is 0 Å². The minimum atomic E-state index is -4.60. The minimum absolute atomic E-state index is 0.0528. The Labute approximate surface area is 181 Å². The van der Waals surface area contributed by atoms with Crippen molar-refractivity contribution in [3.05, 3.63) is 63.7 Å². The summed E-state index contributed by atoms with van der Waals surface area (Å²) in [5, 5.41) is 13.8. The Bertz CT molecular complexity index is 1030. The van der Waals surface area contributed by atoms with E-state index in [1.807, 2.05) is 0 Å². The second kappa shape index (κ2) is 9.67. The molecule has 1 aliphatic rings. The molecule has 32 heavy (non-hydrogen) atoms. The lowest BCUT2D eigenvalue weighted by atomic mass is 10.1. The van der Waals surface area contributed by atoms with Gasteiger partial charge in [-0.2, -0.15) is 13.2 Å². The lowest BCUT2D eigenvalue weighted by Gasteiger charge is -2.26. The van der Waals surface area contributed by atoms with Crippen LogP contribution in [0.2, 0.25) is 0 Å². The van der Waals surface area contributed by atoms with Crippen LogP contribution in [0.5, 0.6) is 5.75 Å². The number of hydrogen-bond donors (Lipinski definition) is 1. The van der Waals surface area contributed by atoms with Crippen LogP contribution < -0.4 is 10.1 Å². The van der Waals surface area contributed by atoms with Crippen LogP contribution in [0.3, 0.4) is 0 Å². The van der Waals surface area contributed by atoms with Gasteiger partial charge in [0, 0.05) is 31.3 Å². The number of alkyl halides is 3. The van der Waals surface area contributed by atoms with E-state index in [0.29, 0.717) is 25.2 Å². The van der Waals surface area contributed by atoms with E-state index in [1.165, 1.54) is 0 Å². The quantitative estimate of drug-likeness (QED) is 0.500. The molecular formula is C21H20F3N3O5. The molecule has 0 bridgehead atoms. The van der Waals surface area contributed by atoms with Gasteiger partial charge in [0.2, 0.25) is 5.91 Å². The summed E-state index contributed by atoms with van der Waals surface area (Å²) in [6, 6.07) is 9.46. The Morgan fingerprint density at radius 2 is 1.97 bits per heavy atom. The molecule has 2 amide bonds. The first kappa shape index (κ1) is 23.0. The van der Waals surface area contributed by atoms with Gasteiger partial charge in [0.25, 0.3) is 11.6 Å². The fourth-order valence-corrected chi connectivity index (χ4v) is 3.31. The van der Waals surface area contributed by atoms with Crippen LogP contribution >= 0.6 is 0 Å². The highest BCUT2D eigenvalue weighted by atomic mass is 19.4. The highest BCUT2D eigenvalue weighted by Gasteiger charge is 2.29. The number of piperidine rings is 1. The molecule has 0 unspecified atom stereocenters. The van der Waals surface area contributed by atoms with Gasteiger partial charge in [-0.1, -0.05) is 12.1 Å². The normalized spacial score (nSPS) is 14.2. The standard InChI is InChI=1S/C21H20F3N3O5/c22-21(23,24)13-32-16-7-8-18(27(30)31)17(11-16)20(29)25-15-5-3-4-14(10-15)12-26-9-2-1-6-19(26)28/h3-5,7-8,10-11H,1-2,6,9,12-13H2,(H,25,29). The fraction of sp³-hybridized carbons (Fsp3) is 0.333. The smallest absolute Gasteiger partial charge is 0.422 e. The van der Waals surface area contributed by atoms with Crippen molar-refractivity contribution in [3.63, 3.8) is 0 Å². The van der Waals surface area contributed by atoms with Crippen molar-refractivity contribution >= 4 is 23.2 Å². The van der Waals surface area contributed by atoms with Crippen molar-refractivity contribution in [2.24, 2.45) is 0 Å². The lowest BCUT2D eigenvalue weighted by molar-refractivity contribution is -0.385. The molecular weight excluding hydrogens is 431 g/mol. The predicted octanol–water partition coefficient (Wildman–Crippen LogP) is 4.30. The number of nitro groups is 1. The molecule has 1 N–H and O–H groups in total. The van der Waals surface area contributed by atoms with E-state index in [1.54, 1.807) is 29.2 Å². The van der Waals surface area contributed by atoms with Crippen molar-refractivity contribution < 1.29 is 32.4 Å². The van der Waals surface area contributed by atoms with Crippen LogP contribution in [-0.2, 0) is 11.3 Å². The summed E-state index contributed by atoms with van der Waals surface area (Å²) >= 11 is 0. The van der Waals surface area contributed by atoms with Crippen molar-refractivity contribution in [1.29, 1.82) is 0 Å². The van der Waals surface area contributed by atoms with Gasteiger partial charge in [0.15, 0.2) is 6.61 Å². The monoisotopic (exact) mass is 451 g/mol. The van der Waals surface area contributed by atoms with Crippen LogP contribution in [-0.4, -0.2) is 41.0 Å². The molecule has 3 rings (SSSR count). The molecule has 1 heterocycles. The Morgan fingerprint density at radius 1 is 1.19 bits per heavy atom. The number of nitrogens with zero attached hydrogens (tertiary/aromatic N) is 2. The van der Waals surface area contributed by atoms with E-state index in [-0.39, 0.29) is 11.7 Å². The third kappa shape index (κ3) is 6.19. The van der Waals surface area contributed by atoms with Crippen LogP contribution in [0, 0.1) is 10.1 Å². The average molecular weight is 451 g/mol. The first-order valence-corrected chi connectivity index (χ1v) is 9.78. The molecule has 2 aromatic carbocycles. The molecule has 0 radical (unpaired) electrons. The first-order valence-electron chi connectivity index (χ1n) is 9.78. The molecule has 0 aliphatic carbocycles. The fourth-order valence-electron chi connectivity index (χ4n) is 3.31. The molecule has 1 saturated heterocycles. The zero-order chi connectivity index (χ0) is 23.3. The van der Waals surface area contributed by atoms with Gasteiger partial charge in [-0.3, -0.25) is 19.7 Å². The molecule has 8 nitrogen and oxygen atoms in total. The zero-order valence-corrected chi connectivity index (χ0v) is 16.9. The summed E-state index contributed by atoms with van der Waals surface area (Å²) in [7, 11) is 0. The van der Waals surface area contributed by atoms with E-state index in [4.69, 9.17) is 0 Å². The van der Waals surface area contributed by atoms with Gasteiger partial charge in [-0.25, -0.2) is 0 Å². The van der Waals surface area contributed by atoms with Crippen molar-refractivity contribution in [1.82, 2.24) is 4.90 Å². The van der Waals surface area contributed by atoms with Crippen molar-refractivity contribution in [3.8, 4) is 5.75 Å². The first-order chi connectivity index (χ1) is 15.1. The highest BCUT2D eigenvalue weighted by molar-refractivity contribution is 6.07. The molecule has 170 valence electrons. The SMILES string of the molecule is O=C(Nc1cccc(CN2CCCCC2=O)c1)c1cc(OCC(F)(F)F)ccc1[N+](=O)[O-]. The highest BCUT2D eigenvalue weighted by Crippen LogP contribution is 2.27. The number of rotatable bonds is 7. The summed E-state index contributed by atoms with van der Waals surface area (Å²) in [4.78, 5) is 36.9. The summed E-state index contributed by atoms with van der Waals surface area (Å²) in [6.45, 7) is -0.584. The average Bonchev–Trinajstić information content (AvgIpc) is 2.73. The number of benzene rings is 2. The van der Waals surface area contributed by atoms with E-state index < -0.39 is 34.9 Å². The molecule has 0 saturated carbocycles. The maximum Gasteiger partial charge on any atom is 0.422 e. The Morgan fingerprint density at radius 3 is 2.66 bits per heavy atom. The number of carbonyl (C=O) groups excluding carboxylic acids is 2. The number of hydrogen-bond acceptors (Lipinski definition) is 5. The number of halogens is 3. The molecule has 11 heteroatoms. The minimum Gasteiger partial charge on any atom is -0.484 e. The molecule has 0 spiro atoms. The number of anilines is 1. The number of nitrogens with one attached hydrogen (secondary N) is 1. The lowest BCUT2D eigenvalue weighted by Crippen LogP contribution is -2.34. The number of carbonyl (C=O) groups is 2. The Kier molecular flexibility index (Phi) is 6.96. The summed E-state index contributed by atoms with van der Waals surface area (Å²) in [6.07, 6.45) is -2.33. The maximum atomic E-state index is 12.7. The summed E-state index contributed by atoms with van der Waals surface area (Å²) in [5.41, 5.74) is 0.0749. The van der Waals surface area contributed by atoms with E-state index in [2.05, 4.69) is 10.1 Å². The topological polar surface area (TPSA) is 102 Å². The maximum absolute atomic E-state index is 12.7. The van der Waals surface area contributed by atoms with Crippen molar-refractivity contribution in [2.75, 3.05) is 18.5 Å². The predicted molar refractivity (Wildman–Crippen MR) is 108 cm³/mol. The van der Waals surface area contributed by atoms with Gasteiger partial charge in [0.1, 0.15) is 11.3 Å². The molecule has 2 aromatic rings. The second-order valence-corrected chi connectivity index (χ2v) is 7.27. The van der Waals surface area contributed by atoms with E-state index >= 15 is 0 Å². The third-order valence-electron chi connectivity index (χ3n) is 4.79. The number of likely N-dealkylation sites (tertiary alicyclic amines) is 1. The summed E-state index contributed by atoms with van der Waals surface area (Å²) in [5.74, 6) is -1.15. The van der Waals surface area contributed by atoms with Crippen LogP contribution in [0.1, 0.15) is 35.2 Å². The number of amides is 2. The number of ether oxygens (including phenoxy) is 1. The molecule has 1 aliphatic heterocycles. The van der Waals surface area contributed by atoms with E-state index in [9.17, 15) is 32.9 Å². The van der Waals surface area contributed by atoms with E-state index in [0.717, 1.165) is 36.6 Å². The van der Waals surface area contributed by atoms with Gasteiger partial charge in [-0.05, 0) is 42.7 Å². The summed E-state index contributed by atoms with van der Waals surface area (Å²) < 4.78 is 41.8. The van der Waals surface area contributed by atoms with Gasteiger partial charge < -0.3 is 15.0 Å². The Balaban J connectivity index is 1.77. The van der Waals surface area contributed by atoms with Crippen LogP contribution in [0.4, 0.5) is 24.5 Å². The molecule has 0 atom stereocenters. The zero-order valence-electron chi connectivity index (χ0n) is 16.9. The number of nitro benzene ring substituents is 1. The molecule has 1 fully saturated rings. The second-order valence-electron chi connectivity index (χ2n) is 7.27. The third-order valence-corrected chi connectivity index (χ3v) is 4.79. The van der Waals surface area contributed by atoms with Crippen molar-refractivity contribution in [2.45, 2.75) is 32.0 Å². The van der Waals surface area contributed by atoms with Crippen LogP contribution in [0.15, 0.2) is 42.5 Å². The van der Waals surface area contributed by atoms with Crippen LogP contribution in [0.25, 0.3) is 0 Å².